The molecule has 14 nitrogen and oxygen atoms in total. The molecule has 0 aromatic carbocycles. The Morgan fingerprint density at radius 3 is 1.39 bits per heavy atom. The molecule has 0 amide bonds. The van der Waals surface area contributed by atoms with E-state index in [-0.39, 0.29) is 90.4 Å². The minimum Gasteiger partial charge on any atom is -0.494 e. The van der Waals surface area contributed by atoms with Crippen LogP contribution in [0.25, 0.3) is 22.7 Å². The molecule has 6 heterocycles. The number of nitrogens with zero attached hydrogens (tertiary/aromatic N) is 10. The molecule has 6 aromatic rings. The average molecular weight is 1070 g/mol. The van der Waals surface area contributed by atoms with E-state index in [0.29, 0.717) is 16.8 Å². The Balaban J connectivity index is 0.000000277. The van der Waals surface area contributed by atoms with Crippen LogP contribution < -0.4 is 77.4 Å². The Kier molecular flexibility index (Phi) is 16.9. The molecule has 0 aliphatic rings. The molecule has 0 atom stereocenters. The van der Waals surface area contributed by atoms with Crippen LogP contribution in [0.1, 0.15) is 11.4 Å². The maximum Gasteiger partial charge on any atom is 1.00 e. The van der Waals surface area contributed by atoms with Crippen molar-refractivity contribution in [1.82, 2.24) is 48.3 Å². The molecule has 0 saturated heterocycles. The Morgan fingerprint density at radius 1 is 0.591 bits per heavy atom. The van der Waals surface area contributed by atoms with Crippen LogP contribution in [-0.4, -0.2) is 93.7 Å². The van der Waals surface area contributed by atoms with Crippen LogP contribution in [0.5, 0.6) is 11.5 Å². The predicted octanol–water partition coefficient (Wildman–Crippen LogP) is 4.20. The number of methoxy groups -OCH3 is 2. The van der Waals surface area contributed by atoms with E-state index in [9.17, 15) is 92.8 Å². The number of hydrogen-bond donors (Lipinski definition) is 0. The summed E-state index contributed by atoms with van der Waals surface area (Å²) in [5, 5.41) is 6.04. The van der Waals surface area contributed by atoms with E-state index in [1.54, 1.807) is 0 Å². The molecular formula is C30H18BBrF19KN10O4. The van der Waals surface area contributed by atoms with Gasteiger partial charge in [0.05, 0.1) is 50.8 Å². The molecule has 6 rings (SSSR count). The van der Waals surface area contributed by atoms with E-state index in [0.717, 1.165) is 16.8 Å². The zero-order chi connectivity index (χ0) is 49.5. The maximum absolute atomic E-state index is 13.5. The standard InChI is InChI=1S/C15H9F8N5O2.C9H5BrF3N3O2.C6H4BF8N2.K/c1-30-8-3-24-12-26-10(14(18,19)20)9(11(29)28(12)5-8)7-2-25-27(4-7)6-13(16,17)15(21,22)23;1-18-4-2-14-8-15-6(9(11,12)13)5(10)7(17)16(8)3-4;8-5(9,6(10,11)12)3-17-2-4(1-16-17)7(13,14)15;/h2-5H,6H2,1H3;2-3H,1H3;1-2H,3H2;/q;;-1;+1. The van der Waals surface area contributed by atoms with Gasteiger partial charge in [-0.25, -0.2) is 28.7 Å². The number of aromatic nitrogens is 10. The van der Waals surface area contributed by atoms with Crippen molar-refractivity contribution in [2.24, 2.45) is 0 Å². The Bertz CT molecular complexity index is 2790. The molecule has 0 N–H and O–H groups in total. The summed E-state index contributed by atoms with van der Waals surface area (Å²) in [5.41, 5.74) is -8.30. The summed E-state index contributed by atoms with van der Waals surface area (Å²) in [7, 11) is 2.55. The van der Waals surface area contributed by atoms with Gasteiger partial charge in [0, 0.05) is 18.0 Å². The quantitative estimate of drug-likeness (QED) is 0.161. The monoisotopic (exact) mass is 1070 g/mol. The second-order valence-corrected chi connectivity index (χ2v) is 13.2. The first-order chi connectivity index (χ1) is 29.5. The number of rotatable bonds is 8. The van der Waals surface area contributed by atoms with Gasteiger partial charge in [-0.3, -0.25) is 19.0 Å². The van der Waals surface area contributed by atoms with Gasteiger partial charge in [-0.05, 0) is 22.1 Å². The van der Waals surface area contributed by atoms with Crippen LogP contribution >= 0.6 is 15.9 Å². The van der Waals surface area contributed by atoms with Gasteiger partial charge in [-0.1, -0.05) is 5.46 Å². The largest absolute Gasteiger partial charge is 1.00 e. The minimum atomic E-state index is -5.90. The molecule has 0 saturated carbocycles. The second kappa shape index (κ2) is 20.0. The first-order valence-electron chi connectivity index (χ1n) is 16.4. The third-order valence-corrected chi connectivity index (χ3v) is 8.49. The summed E-state index contributed by atoms with van der Waals surface area (Å²) in [6.07, 6.45) is -15.9. The third-order valence-electron chi connectivity index (χ3n) is 7.78. The molecule has 0 spiro atoms. The van der Waals surface area contributed by atoms with E-state index >= 15 is 0 Å². The van der Waals surface area contributed by atoms with Crippen LogP contribution in [-0.2, 0) is 25.4 Å². The number of halogens is 20. The second-order valence-electron chi connectivity index (χ2n) is 12.4. The summed E-state index contributed by atoms with van der Waals surface area (Å²) >= 11 is 2.60. The van der Waals surface area contributed by atoms with Gasteiger partial charge >= 0.3 is 94.9 Å². The summed E-state index contributed by atoms with van der Waals surface area (Å²) in [6.45, 7) is -9.45. The molecule has 0 aliphatic heterocycles. The van der Waals surface area contributed by atoms with Crippen molar-refractivity contribution in [3.8, 4) is 22.6 Å². The van der Waals surface area contributed by atoms with Crippen molar-refractivity contribution in [3.05, 3.63) is 86.1 Å². The van der Waals surface area contributed by atoms with E-state index in [2.05, 4.69) is 46.1 Å². The van der Waals surface area contributed by atoms with Gasteiger partial charge in [0.1, 0.15) is 17.6 Å². The molecule has 0 fully saturated rings. The van der Waals surface area contributed by atoms with E-state index in [4.69, 9.17) is 9.47 Å². The Labute approximate surface area is 402 Å². The van der Waals surface area contributed by atoms with Crippen molar-refractivity contribution < 1.29 is 144 Å². The predicted molar refractivity (Wildman–Crippen MR) is 183 cm³/mol. The van der Waals surface area contributed by atoms with Gasteiger partial charge in [-0.15, -0.1) is 0 Å². The van der Waals surface area contributed by atoms with Crippen LogP contribution in [0.3, 0.4) is 0 Å². The third kappa shape index (κ3) is 12.9. The van der Waals surface area contributed by atoms with Gasteiger partial charge in [0.25, 0.3) is 11.1 Å². The first kappa shape index (κ1) is 55.8. The normalized spacial score (nSPS) is 12.8. The zero-order valence-corrected chi connectivity index (χ0v) is 37.0. The summed E-state index contributed by atoms with van der Waals surface area (Å²) in [4.78, 5) is 38.2. The molecule has 0 unspecified atom stereocenters. The van der Waals surface area contributed by atoms with Crippen molar-refractivity contribution in [2.45, 2.75) is 49.6 Å². The Morgan fingerprint density at radius 2 is 1.00 bits per heavy atom. The Hall–Kier alpha value is -4.55. The van der Waals surface area contributed by atoms with Gasteiger partial charge in [0.2, 0.25) is 11.6 Å². The fourth-order valence-corrected chi connectivity index (χ4v) is 5.17. The smallest absolute Gasteiger partial charge is 0.494 e. The fraction of sp³-hybridized carbons (Fsp3) is 0.333. The maximum atomic E-state index is 13.5. The summed E-state index contributed by atoms with van der Waals surface area (Å²) < 4.78 is 249. The molecule has 0 aliphatic carbocycles. The minimum absolute atomic E-state index is 0. The van der Waals surface area contributed by atoms with E-state index < -0.39 is 106 Å². The zero-order valence-electron chi connectivity index (χ0n) is 32.3. The van der Waals surface area contributed by atoms with Crippen LogP contribution in [0.2, 0.25) is 0 Å². The summed E-state index contributed by atoms with van der Waals surface area (Å²) in [6, 6.07) is 0. The van der Waals surface area contributed by atoms with Crippen LogP contribution in [0, 0.1) is 0 Å². The molecule has 36 heteroatoms. The number of ether oxygens (including phenoxy) is 2. The SMILES string of the molecule is COc1cnc2nc(C(F)(F)F)c(-c3cnn(CC(F)(F)C(F)(F)F)c3)c(=O)n2c1.COc1cnc2nc(C(F)(F)F)c(Br)c(=O)n2c1.F[B-](F)(F)c1cnn(CC(F)(F)C(F)(F)F)c1.[K+]. The number of fused-ring (bicyclic) bond motifs is 2. The van der Waals surface area contributed by atoms with Crippen LogP contribution in [0.15, 0.2) is 63.6 Å². The average Bonchev–Trinajstić information content (AvgIpc) is 3.84. The van der Waals surface area contributed by atoms with E-state index in [1.165, 1.54) is 26.6 Å². The topological polar surface area (TPSA) is 149 Å². The summed E-state index contributed by atoms with van der Waals surface area (Å²) in [5.74, 6) is -11.1. The molecule has 66 heavy (non-hydrogen) atoms. The first-order valence-corrected chi connectivity index (χ1v) is 17.2. The number of hydrogen-bond acceptors (Lipinski definition) is 10. The van der Waals surface area contributed by atoms with Gasteiger partial charge in [-0.2, -0.15) is 80.4 Å². The van der Waals surface area contributed by atoms with Crippen molar-refractivity contribution in [1.29, 1.82) is 0 Å². The number of alkyl halides is 16. The van der Waals surface area contributed by atoms with Crippen molar-refractivity contribution in [3.63, 3.8) is 0 Å². The molecule has 356 valence electrons. The van der Waals surface area contributed by atoms with Crippen molar-refractivity contribution >= 4 is 39.9 Å². The van der Waals surface area contributed by atoms with Gasteiger partial charge < -0.3 is 22.4 Å². The van der Waals surface area contributed by atoms with Gasteiger partial charge in [0.15, 0.2) is 22.9 Å². The molecule has 0 bridgehead atoms. The molecule has 0 radical (unpaired) electrons. The fourth-order valence-electron chi connectivity index (χ4n) is 4.67. The van der Waals surface area contributed by atoms with Crippen LogP contribution in [0.4, 0.5) is 83.2 Å². The molecular weight excluding hydrogens is 1060 g/mol. The molecule has 6 aromatic heterocycles. The van der Waals surface area contributed by atoms with Crippen molar-refractivity contribution in [2.75, 3.05) is 14.2 Å². The van der Waals surface area contributed by atoms with E-state index in [1.807, 2.05) is 0 Å².